The molecule has 8 heteroatoms. The van der Waals surface area contributed by atoms with E-state index in [0.29, 0.717) is 45.6 Å². The second-order valence-corrected chi connectivity index (χ2v) is 10.1. The zero-order valence-corrected chi connectivity index (χ0v) is 21.1. The molecule has 0 bridgehead atoms. The lowest BCUT2D eigenvalue weighted by Gasteiger charge is -2.41. The molecule has 1 aliphatic carbocycles. The van der Waals surface area contributed by atoms with E-state index in [1.54, 1.807) is 29.2 Å². The SMILES string of the molecule is N#CC1=C(N)N(c2cc(Cl)cc(Cl)c2)C2=C(C(=O)CC(c3ccccc3)C2)C1c1ccc2c(c1)OCO2. The third kappa shape index (κ3) is 4.01. The first kappa shape index (κ1) is 23.5. The van der Waals surface area contributed by atoms with Crippen molar-refractivity contribution in [3.63, 3.8) is 0 Å². The number of ketones is 1. The summed E-state index contributed by atoms with van der Waals surface area (Å²) in [7, 11) is 0. The van der Waals surface area contributed by atoms with Crippen LogP contribution in [0.5, 0.6) is 11.5 Å². The average Bonchev–Trinajstić information content (AvgIpc) is 3.36. The van der Waals surface area contributed by atoms with E-state index in [4.69, 9.17) is 38.4 Å². The highest BCUT2D eigenvalue weighted by molar-refractivity contribution is 6.35. The lowest BCUT2D eigenvalue weighted by atomic mass is 9.72. The van der Waals surface area contributed by atoms with Crippen LogP contribution >= 0.6 is 23.2 Å². The van der Waals surface area contributed by atoms with Gasteiger partial charge in [-0.15, -0.1) is 0 Å². The summed E-state index contributed by atoms with van der Waals surface area (Å²) < 4.78 is 11.1. The van der Waals surface area contributed by atoms with Crippen LogP contribution in [-0.2, 0) is 4.79 Å². The number of anilines is 1. The van der Waals surface area contributed by atoms with Crippen LogP contribution in [0.15, 0.2) is 89.4 Å². The molecule has 0 amide bonds. The van der Waals surface area contributed by atoms with E-state index in [1.165, 1.54) is 0 Å². The maximum Gasteiger partial charge on any atom is 0.231 e. The largest absolute Gasteiger partial charge is 0.454 e. The Morgan fingerprint density at radius 2 is 1.65 bits per heavy atom. The molecule has 0 aromatic heterocycles. The van der Waals surface area contributed by atoms with E-state index in [-0.39, 0.29) is 29.9 Å². The van der Waals surface area contributed by atoms with Crippen molar-refractivity contribution in [3.8, 4) is 17.6 Å². The molecule has 37 heavy (non-hydrogen) atoms. The molecular weight excluding hydrogens is 509 g/mol. The van der Waals surface area contributed by atoms with Crippen molar-refractivity contribution >= 4 is 34.7 Å². The Labute approximate surface area is 224 Å². The van der Waals surface area contributed by atoms with Crippen LogP contribution in [0.25, 0.3) is 0 Å². The Morgan fingerprint density at radius 1 is 0.919 bits per heavy atom. The lowest BCUT2D eigenvalue weighted by molar-refractivity contribution is -0.116. The molecular formula is C29H21Cl2N3O3. The number of hydrogen-bond acceptors (Lipinski definition) is 6. The number of halogens is 2. The zero-order chi connectivity index (χ0) is 25.7. The van der Waals surface area contributed by atoms with Gasteiger partial charge in [0.05, 0.1) is 23.2 Å². The summed E-state index contributed by atoms with van der Waals surface area (Å²) in [6, 6.07) is 22.8. The van der Waals surface area contributed by atoms with Crippen LogP contribution < -0.4 is 20.1 Å². The molecule has 0 fully saturated rings. The predicted octanol–water partition coefficient (Wildman–Crippen LogP) is 6.42. The Morgan fingerprint density at radius 3 is 2.38 bits per heavy atom. The smallest absolute Gasteiger partial charge is 0.231 e. The van der Waals surface area contributed by atoms with E-state index < -0.39 is 5.92 Å². The number of rotatable bonds is 3. The number of carbonyl (C=O) groups is 1. The van der Waals surface area contributed by atoms with Gasteiger partial charge in [-0.3, -0.25) is 9.69 Å². The molecule has 0 radical (unpaired) electrons. The van der Waals surface area contributed by atoms with Gasteiger partial charge >= 0.3 is 0 Å². The van der Waals surface area contributed by atoms with Crippen molar-refractivity contribution < 1.29 is 14.3 Å². The summed E-state index contributed by atoms with van der Waals surface area (Å²) in [5.74, 6) is 0.728. The summed E-state index contributed by atoms with van der Waals surface area (Å²) >= 11 is 12.7. The quantitative estimate of drug-likeness (QED) is 0.421. The maximum atomic E-state index is 13.9. The van der Waals surface area contributed by atoms with Gasteiger partial charge in [0.25, 0.3) is 0 Å². The summed E-state index contributed by atoms with van der Waals surface area (Å²) in [5.41, 5.74) is 10.7. The van der Waals surface area contributed by atoms with E-state index in [0.717, 1.165) is 16.8 Å². The Hall–Kier alpha value is -3.92. The van der Waals surface area contributed by atoms with E-state index in [1.807, 2.05) is 42.5 Å². The number of allylic oxidation sites excluding steroid dienone is 3. The molecule has 6 nitrogen and oxygen atoms in total. The minimum atomic E-state index is -0.635. The molecule has 6 rings (SSSR count). The number of Topliss-reactive ketones (excluding diaryl/α,β-unsaturated/α-hetero) is 1. The van der Waals surface area contributed by atoms with Crippen molar-refractivity contribution in [1.29, 1.82) is 5.26 Å². The summed E-state index contributed by atoms with van der Waals surface area (Å²) in [6.07, 6.45) is 0.877. The molecule has 0 saturated heterocycles. The average molecular weight is 530 g/mol. The molecule has 184 valence electrons. The first-order valence-corrected chi connectivity index (χ1v) is 12.6. The number of nitrogens with two attached hydrogens (primary N) is 1. The van der Waals surface area contributed by atoms with Crippen molar-refractivity contribution in [2.45, 2.75) is 24.7 Å². The van der Waals surface area contributed by atoms with Crippen molar-refractivity contribution in [1.82, 2.24) is 0 Å². The summed E-state index contributed by atoms with van der Waals surface area (Å²) in [5, 5.41) is 11.2. The highest BCUT2D eigenvalue weighted by atomic mass is 35.5. The van der Waals surface area contributed by atoms with Gasteiger partial charge in [0.2, 0.25) is 6.79 Å². The van der Waals surface area contributed by atoms with Gasteiger partial charge in [-0.1, -0.05) is 59.6 Å². The first-order valence-electron chi connectivity index (χ1n) is 11.8. The molecule has 2 N–H and O–H groups in total. The normalized spacial score (nSPS) is 20.7. The van der Waals surface area contributed by atoms with E-state index >= 15 is 0 Å². The second kappa shape index (κ2) is 9.19. The zero-order valence-electron chi connectivity index (χ0n) is 19.6. The Bertz CT molecular complexity index is 1520. The van der Waals surface area contributed by atoms with Crippen LogP contribution in [-0.4, -0.2) is 12.6 Å². The van der Waals surface area contributed by atoms with Gasteiger partial charge in [-0.05, 0) is 53.8 Å². The molecule has 2 unspecified atom stereocenters. The highest BCUT2D eigenvalue weighted by Crippen LogP contribution is 2.50. The number of fused-ring (bicyclic) bond motifs is 1. The maximum absolute atomic E-state index is 13.9. The minimum Gasteiger partial charge on any atom is -0.454 e. The summed E-state index contributed by atoms with van der Waals surface area (Å²) in [4.78, 5) is 15.7. The number of nitriles is 1. The minimum absolute atomic E-state index is 0.0313. The number of carbonyl (C=O) groups excluding carboxylic acids is 1. The molecule has 3 aliphatic rings. The fourth-order valence-electron chi connectivity index (χ4n) is 5.48. The van der Waals surface area contributed by atoms with Crippen molar-refractivity contribution in [2.75, 3.05) is 11.7 Å². The number of nitrogens with zero attached hydrogens (tertiary/aromatic N) is 2. The van der Waals surface area contributed by atoms with Crippen LogP contribution in [0.2, 0.25) is 10.0 Å². The predicted molar refractivity (Wildman–Crippen MR) is 142 cm³/mol. The Kier molecular flexibility index (Phi) is 5.83. The standard InChI is InChI=1S/C29H21Cl2N3O3/c30-19-11-20(31)13-21(12-19)34-23-8-18(16-4-2-1-3-5-16)9-24(35)28(23)27(22(14-32)29(34)33)17-6-7-25-26(10-17)37-15-36-25/h1-7,10-13,18,27H,8-9,15,33H2. The van der Waals surface area contributed by atoms with Gasteiger partial charge in [-0.2, -0.15) is 5.26 Å². The van der Waals surface area contributed by atoms with Crippen LogP contribution in [0.4, 0.5) is 5.69 Å². The molecule has 0 saturated carbocycles. The fraction of sp³-hybridized carbons (Fsp3) is 0.172. The monoisotopic (exact) mass is 529 g/mol. The molecule has 3 aromatic rings. The Balaban J connectivity index is 1.57. The number of ether oxygens (including phenoxy) is 2. The van der Waals surface area contributed by atoms with E-state index in [2.05, 4.69) is 6.07 Å². The van der Waals surface area contributed by atoms with Gasteiger partial charge in [0.1, 0.15) is 5.82 Å². The third-order valence-corrected chi connectivity index (χ3v) is 7.51. The number of hydrogen-bond donors (Lipinski definition) is 1. The van der Waals surface area contributed by atoms with Gasteiger partial charge in [0, 0.05) is 27.7 Å². The molecule has 2 heterocycles. The topological polar surface area (TPSA) is 88.6 Å². The molecule has 3 aromatic carbocycles. The lowest BCUT2D eigenvalue weighted by Crippen LogP contribution is -2.40. The molecule has 2 aliphatic heterocycles. The van der Waals surface area contributed by atoms with Gasteiger partial charge < -0.3 is 15.2 Å². The third-order valence-electron chi connectivity index (χ3n) is 7.07. The number of benzene rings is 3. The fourth-order valence-corrected chi connectivity index (χ4v) is 5.99. The summed E-state index contributed by atoms with van der Waals surface area (Å²) in [6.45, 7) is 0.126. The van der Waals surface area contributed by atoms with E-state index in [9.17, 15) is 10.1 Å². The van der Waals surface area contributed by atoms with Gasteiger partial charge in [0.15, 0.2) is 17.3 Å². The second-order valence-electron chi connectivity index (χ2n) is 9.22. The van der Waals surface area contributed by atoms with Crippen molar-refractivity contribution in [3.05, 3.63) is 111 Å². The van der Waals surface area contributed by atoms with Gasteiger partial charge in [-0.25, -0.2) is 0 Å². The highest BCUT2D eigenvalue weighted by Gasteiger charge is 2.43. The first-order chi connectivity index (χ1) is 17.9. The van der Waals surface area contributed by atoms with Crippen LogP contribution in [0.3, 0.4) is 0 Å². The molecule has 0 spiro atoms. The van der Waals surface area contributed by atoms with Crippen molar-refractivity contribution in [2.24, 2.45) is 5.73 Å². The van der Waals surface area contributed by atoms with Crippen LogP contribution in [0.1, 0.15) is 35.8 Å². The molecule has 2 atom stereocenters. The van der Waals surface area contributed by atoms with Crippen LogP contribution in [0, 0.1) is 11.3 Å².